The molecule has 1 heterocycles. The van der Waals surface area contributed by atoms with Gasteiger partial charge in [0.15, 0.2) is 0 Å². The third-order valence-corrected chi connectivity index (χ3v) is 3.78. The van der Waals surface area contributed by atoms with Gasteiger partial charge in [0.2, 0.25) is 0 Å². The molecule has 0 aliphatic rings. The van der Waals surface area contributed by atoms with Gasteiger partial charge in [0.25, 0.3) is 5.91 Å². The molecular weight excluding hydrogens is 345 g/mol. The number of carbonyl (C=O) groups is 1. The molecule has 0 spiro atoms. The van der Waals surface area contributed by atoms with Crippen molar-refractivity contribution in [2.75, 3.05) is 0 Å². The second-order valence-corrected chi connectivity index (χ2v) is 5.62. The van der Waals surface area contributed by atoms with Crippen LogP contribution in [0.3, 0.4) is 0 Å². The number of halogens is 3. The quantitative estimate of drug-likeness (QED) is 0.676. The van der Waals surface area contributed by atoms with Gasteiger partial charge in [-0.25, -0.2) is 0 Å². The van der Waals surface area contributed by atoms with Crippen LogP contribution in [0.15, 0.2) is 66.9 Å². The summed E-state index contributed by atoms with van der Waals surface area (Å²) < 4.78 is 45.3. The van der Waals surface area contributed by atoms with E-state index in [0.29, 0.717) is 11.3 Å². The number of hydrogen-bond donors (Lipinski definition) is 0. The van der Waals surface area contributed by atoms with Crippen molar-refractivity contribution in [1.82, 2.24) is 9.78 Å². The molecule has 7 heteroatoms. The zero-order chi connectivity index (χ0) is 18.7. The average Bonchev–Trinajstić information content (AvgIpc) is 3.11. The molecule has 0 aliphatic heterocycles. The molecule has 26 heavy (non-hydrogen) atoms. The Balaban J connectivity index is 1.83. The summed E-state index contributed by atoms with van der Waals surface area (Å²) in [5.74, 6) is -0.280. The fraction of sp³-hybridized carbons (Fsp3) is 0.158. The first kappa shape index (κ1) is 17.7. The zero-order valence-corrected chi connectivity index (χ0v) is 13.8. The Kier molecular flexibility index (Phi) is 4.79. The highest BCUT2D eigenvalue weighted by Gasteiger charge is 2.31. The smallest absolute Gasteiger partial charge is 0.416 e. The minimum Gasteiger partial charge on any atom is -0.484 e. The van der Waals surface area contributed by atoms with Crippen LogP contribution >= 0.6 is 0 Å². The second kappa shape index (κ2) is 7.03. The predicted octanol–water partition coefficient (Wildman–Crippen LogP) is 4.73. The first-order valence-electron chi connectivity index (χ1n) is 7.84. The molecule has 2 aromatic carbocycles. The van der Waals surface area contributed by atoms with Crippen LogP contribution in [0.1, 0.15) is 34.6 Å². The Labute approximate surface area is 147 Å². The van der Waals surface area contributed by atoms with E-state index in [1.54, 1.807) is 43.3 Å². The lowest BCUT2D eigenvalue weighted by atomic mass is 10.2. The van der Waals surface area contributed by atoms with Gasteiger partial charge in [-0.05, 0) is 43.3 Å². The number of ether oxygens (including phenoxy) is 1. The number of hydrogen-bond acceptors (Lipinski definition) is 3. The van der Waals surface area contributed by atoms with Crippen molar-refractivity contribution in [1.29, 1.82) is 0 Å². The Hall–Kier alpha value is -3.09. The minimum absolute atomic E-state index is 0.0623. The highest BCUT2D eigenvalue weighted by atomic mass is 19.4. The summed E-state index contributed by atoms with van der Waals surface area (Å²) in [5, 5.41) is 4.02. The van der Waals surface area contributed by atoms with E-state index >= 15 is 0 Å². The standard InChI is InChI=1S/C19H15F3N2O2/c1-13(26-16-9-5-8-15(12-16)19(20,21)22)17-10-11-23-24(17)18(25)14-6-3-2-4-7-14/h2-13H,1H3/t13-/m0/s1. The van der Waals surface area contributed by atoms with E-state index in [2.05, 4.69) is 5.10 Å². The van der Waals surface area contributed by atoms with Crippen LogP contribution in [0.4, 0.5) is 13.2 Å². The number of benzene rings is 2. The van der Waals surface area contributed by atoms with Crippen LogP contribution in [0.2, 0.25) is 0 Å². The van der Waals surface area contributed by atoms with Crippen LogP contribution in [0.5, 0.6) is 5.75 Å². The summed E-state index contributed by atoms with van der Waals surface area (Å²) >= 11 is 0. The third kappa shape index (κ3) is 3.77. The van der Waals surface area contributed by atoms with Crippen LogP contribution in [-0.2, 0) is 6.18 Å². The van der Waals surface area contributed by atoms with E-state index in [4.69, 9.17) is 4.74 Å². The molecule has 3 rings (SSSR count). The minimum atomic E-state index is -4.45. The van der Waals surface area contributed by atoms with Crippen molar-refractivity contribution in [3.63, 3.8) is 0 Å². The number of nitrogens with zero attached hydrogens (tertiary/aromatic N) is 2. The molecule has 0 N–H and O–H groups in total. The molecule has 1 atom stereocenters. The van der Waals surface area contributed by atoms with Crippen LogP contribution in [0, 0.1) is 0 Å². The molecule has 4 nitrogen and oxygen atoms in total. The molecule has 0 saturated heterocycles. The van der Waals surface area contributed by atoms with Crippen molar-refractivity contribution in [3.05, 3.63) is 83.7 Å². The van der Waals surface area contributed by atoms with Gasteiger partial charge in [-0.1, -0.05) is 24.3 Å². The molecule has 0 fully saturated rings. The van der Waals surface area contributed by atoms with Gasteiger partial charge in [0.05, 0.1) is 11.3 Å². The number of rotatable bonds is 4. The topological polar surface area (TPSA) is 44.1 Å². The Morgan fingerprint density at radius 2 is 1.81 bits per heavy atom. The Morgan fingerprint density at radius 1 is 1.08 bits per heavy atom. The molecule has 0 aliphatic carbocycles. The molecular formula is C19H15F3N2O2. The maximum absolute atomic E-state index is 12.8. The van der Waals surface area contributed by atoms with Gasteiger partial charge in [-0.2, -0.15) is 23.0 Å². The molecule has 0 radical (unpaired) electrons. The molecule has 0 saturated carbocycles. The lowest BCUT2D eigenvalue weighted by Crippen LogP contribution is -2.19. The van der Waals surface area contributed by atoms with Gasteiger partial charge in [0, 0.05) is 11.8 Å². The number of alkyl halides is 3. The molecule has 0 unspecified atom stereocenters. The zero-order valence-electron chi connectivity index (χ0n) is 13.8. The summed E-state index contributed by atoms with van der Waals surface area (Å²) in [7, 11) is 0. The van der Waals surface area contributed by atoms with Gasteiger partial charge < -0.3 is 4.74 Å². The third-order valence-electron chi connectivity index (χ3n) is 3.78. The summed E-state index contributed by atoms with van der Waals surface area (Å²) in [5.41, 5.74) is 0.0936. The van der Waals surface area contributed by atoms with Gasteiger partial charge >= 0.3 is 6.18 Å². The van der Waals surface area contributed by atoms with Gasteiger partial charge in [-0.3, -0.25) is 4.79 Å². The van der Waals surface area contributed by atoms with Crippen molar-refractivity contribution >= 4 is 5.91 Å². The largest absolute Gasteiger partial charge is 0.484 e. The fourth-order valence-corrected chi connectivity index (χ4v) is 2.50. The normalized spacial score (nSPS) is 12.6. The molecule has 134 valence electrons. The Morgan fingerprint density at radius 3 is 2.50 bits per heavy atom. The van der Waals surface area contributed by atoms with Crippen LogP contribution < -0.4 is 4.74 Å². The Bertz CT molecular complexity index is 904. The lowest BCUT2D eigenvalue weighted by molar-refractivity contribution is -0.137. The first-order chi connectivity index (χ1) is 12.4. The number of aromatic nitrogens is 2. The van der Waals surface area contributed by atoms with Gasteiger partial charge in [-0.15, -0.1) is 0 Å². The van der Waals surface area contributed by atoms with E-state index < -0.39 is 17.8 Å². The molecule has 0 amide bonds. The maximum atomic E-state index is 12.8. The average molecular weight is 360 g/mol. The van der Waals surface area contributed by atoms with Crippen molar-refractivity contribution in [2.45, 2.75) is 19.2 Å². The van der Waals surface area contributed by atoms with E-state index in [0.717, 1.165) is 12.1 Å². The predicted molar refractivity (Wildman–Crippen MR) is 88.9 cm³/mol. The number of carbonyl (C=O) groups excluding carboxylic acids is 1. The lowest BCUT2D eigenvalue weighted by Gasteiger charge is -2.17. The summed E-state index contributed by atoms with van der Waals surface area (Å²) in [6.45, 7) is 1.64. The van der Waals surface area contributed by atoms with E-state index in [9.17, 15) is 18.0 Å². The summed E-state index contributed by atoms with van der Waals surface area (Å²) in [6.07, 6.45) is -3.68. The first-order valence-corrected chi connectivity index (χ1v) is 7.84. The highest BCUT2D eigenvalue weighted by molar-refractivity contribution is 5.95. The van der Waals surface area contributed by atoms with E-state index in [1.165, 1.54) is 23.0 Å². The monoisotopic (exact) mass is 360 g/mol. The molecule has 0 bridgehead atoms. The van der Waals surface area contributed by atoms with Crippen molar-refractivity contribution < 1.29 is 22.7 Å². The second-order valence-electron chi connectivity index (χ2n) is 5.62. The van der Waals surface area contributed by atoms with E-state index in [1.807, 2.05) is 0 Å². The maximum Gasteiger partial charge on any atom is 0.416 e. The van der Waals surface area contributed by atoms with Crippen LogP contribution in [0.25, 0.3) is 0 Å². The molecule has 3 aromatic rings. The SMILES string of the molecule is C[C@H](Oc1cccc(C(F)(F)F)c1)c1ccnn1C(=O)c1ccccc1. The van der Waals surface area contributed by atoms with Crippen molar-refractivity contribution in [3.8, 4) is 5.75 Å². The molecule has 1 aromatic heterocycles. The van der Waals surface area contributed by atoms with E-state index in [-0.39, 0.29) is 11.7 Å². The van der Waals surface area contributed by atoms with Crippen molar-refractivity contribution in [2.24, 2.45) is 0 Å². The van der Waals surface area contributed by atoms with Crippen LogP contribution in [-0.4, -0.2) is 15.7 Å². The summed E-state index contributed by atoms with van der Waals surface area (Å²) in [6, 6.07) is 14.8. The fourth-order valence-electron chi connectivity index (χ4n) is 2.50. The summed E-state index contributed by atoms with van der Waals surface area (Å²) in [4.78, 5) is 12.6. The highest BCUT2D eigenvalue weighted by Crippen LogP contribution is 2.32. The van der Waals surface area contributed by atoms with Gasteiger partial charge in [0.1, 0.15) is 11.9 Å².